The van der Waals surface area contributed by atoms with Crippen LogP contribution in [0.3, 0.4) is 0 Å². The van der Waals surface area contributed by atoms with Gasteiger partial charge in [0.1, 0.15) is 17.2 Å². The van der Waals surface area contributed by atoms with E-state index in [-0.39, 0.29) is 6.10 Å². The van der Waals surface area contributed by atoms with E-state index in [2.05, 4.69) is 35.1 Å². The first-order valence-electron chi connectivity index (χ1n) is 14.3. The predicted octanol–water partition coefficient (Wildman–Crippen LogP) is 4.47. The van der Waals surface area contributed by atoms with Crippen molar-refractivity contribution in [3.63, 3.8) is 0 Å². The number of nitrogens with two attached hydrogens (primary N) is 2. The molecule has 3 atom stereocenters. The molecule has 0 radical (unpaired) electrons. The first-order chi connectivity index (χ1) is 19.9. The number of nitrogens with zero attached hydrogens (tertiary/aromatic N) is 6. The van der Waals surface area contributed by atoms with Crippen LogP contribution in [0, 0.1) is 11.3 Å². The lowest BCUT2D eigenvalue weighted by Crippen LogP contribution is -2.38. The molecule has 1 fully saturated rings. The van der Waals surface area contributed by atoms with Crippen LogP contribution < -0.4 is 16.2 Å². The van der Waals surface area contributed by atoms with E-state index in [0.717, 1.165) is 74.8 Å². The molecule has 0 aromatic carbocycles. The Morgan fingerprint density at radius 1 is 1.32 bits per heavy atom. The number of rotatable bonds is 6. The number of ether oxygens (including phenoxy) is 1. The van der Waals surface area contributed by atoms with Gasteiger partial charge in [0.05, 0.1) is 22.4 Å². The van der Waals surface area contributed by atoms with Crippen LogP contribution in [-0.2, 0) is 18.3 Å². The Hall–Kier alpha value is -3.75. The van der Waals surface area contributed by atoms with Gasteiger partial charge >= 0.3 is 0 Å². The highest BCUT2D eigenvalue weighted by Gasteiger charge is 2.48. The second kappa shape index (κ2) is 10.9. The zero-order valence-corrected chi connectivity index (χ0v) is 24.6. The zero-order valence-electron chi connectivity index (χ0n) is 23.8. The highest BCUT2D eigenvalue weighted by Crippen LogP contribution is 2.55. The van der Waals surface area contributed by atoms with E-state index in [4.69, 9.17) is 30.7 Å². The van der Waals surface area contributed by atoms with Gasteiger partial charge < -0.3 is 20.7 Å². The number of hydrogen-bond acceptors (Lipinski definition) is 11. The largest absolute Gasteiger partial charge is 0.473 e. The van der Waals surface area contributed by atoms with Crippen LogP contribution in [0.15, 0.2) is 21.7 Å². The molecule has 10 nitrogen and oxygen atoms in total. The molecule has 41 heavy (non-hydrogen) atoms. The summed E-state index contributed by atoms with van der Waals surface area (Å²) in [4.78, 5) is 17.2. The SMILES string of the molecule is CN=CC=C(N)c1cc(O[C@@H](C)[C@@H]2CCCN2C)nc(-c2noc3c2CCC[C@@]32CCCc3sc(N)c(C#N)c32)n1. The molecule has 1 aliphatic heterocycles. The predicted molar refractivity (Wildman–Crippen MR) is 160 cm³/mol. The smallest absolute Gasteiger partial charge is 0.217 e. The van der Waals surface area contributed by atoms with Gasteiger partial charge in [-0.1, -0.05) is 5.16 Å². The van der Waals surface area contributed by atoms with Crippen LogP contribution >= 0.6 is 11.3 Å². The third kappa shape index (κ3) is 4.69. The molecule has 4 N–H and O–H groups in total. The molecule has 214 valence electrons. The average Bonchev–Trinajstić information content (AvgIpc) is 3.68. The van der Waals surface area contributed by atoms with Crippen molar-refractivity contribution in [3.05, 3.63) is 45.2 Å². The monoisotopic (exact) mass is 572 g/mol. The number of aromatic nitrogens is 3. The van der Waals surface area contributed by atoms with Gasteiger partial charge in [0, 0.05) is 35.8 Å². The zero-order chi connectivity index (χ0) is 28.7. The fourth-order valence-corrected chi connectivity index (χ4v) is 8.16. The second-order valence-corrected chi connectivity index (χ2v) is 12.5. The maximum absolute atomic E-state index is 10.0. The van der Waals surface area contributed by atoms with Crippen molar-refractivity contribution >= 4 is 28.2 Å². The number of nitriles is 1. The minimum atomic E-state index is -0.416. The molecule has 0 amide bonds. The number of fused-ring (bicyclic) bond motifs is 4. The van der Waals surface area contributed by atoms with E-state index >= 15 is 0 Å². The topological polar surface area (TPSA) is 152 Å². The number of anilines is 1. The standard InChI is InChI=1S/C30H36N8O2S/c1-17(22-8-6-14-38(22)3)39-24-15-21(20(32)10-13-34-2)35-29(36-24)26-18-7-4-11-30(27(18)40-37-26)12-5-9-23-25(30)19(16-31)28(33)41-23/h10,13,15,17,22H,4-9,11-12,14,32-33H2,1-3H3/t17-,22-,30-/m0/s1. The van der Waals surface area contributed by atoms with Gasteiger partial charge in [-0.3, -0.25) is 9.89 Å². The minimum absolute atomic E-state index is 0.0656. The summed E-state index contributed by atoms with van der Waals surface area (Å²) < 4.78 is 12.6. The number of likely N-dealkylation sites (N-methyl/N-ethyl adjacent to an activating group) is 1. The molecular formula is C30H36N8O2S. The fraction of sp³-hybridized carbons (Fsp3) is 0.500. The van der Waals surface area contributed by atoms with Crippen molar-refractivity contribution in [1.29, 1.82) is 5.26 Å². The Labute approximate surface area is 244 Å². The van der Waals surface area contributed by atoms with Gasteiger partial charge in [0.25, 0.3) is 0 Å². The number of allylic oxidation sites excluding steroid dienone is 1. The highest BCUT2D eigenvalue weighted by atomic mass is 32.1. The van der Waals surface area contributed by atoms with E-state index < -0.39 is 5.41 Å². The lowest BCUT2D eigenvalue weighted by molar-refractivity contribution is 0.117. The molecule has 1 saturated heterocycles. The molecule has 3 aromatic heterocycles. The van der Waals surface area contributed by atoms with Gasteiger partial charge in [-0.15, -0.1) is 11.3 Å². The Morgan fingerprint density at radius 2 is 2.12 bits per heavy atom. The van der Waals surface area contributed by atoms with Crippen molar-refractivity contribution in [2.75, 3.05) is 26.4 Å². The summed E-state index contributed by atoms with van der Waals surface area (Å²) in [6.45, 7) is 3.14. The van der Waals surface area contributed by atoms with Crippen LogP contribution in [0.2, 0.25) is 0 Å². The average molecular weight is 573 g/mol. The second-order valence-electron chi connectivity index (χ2n) is 11.3. The van der Waals surface area contributed by atoms with Crippen LogP contribution in [-0.4, -0.2) is 59.0 Å². The Balaban J connectivity index is 1.45. The summed E-state index contributed by atoms with van der Waals surface area (Å²) in [7, 11) is 3.82. The minimum Gasteiger partial charge on any atom is -0.473 e. The van der Waals surface area contributed by atoms with Crippen molar-refractivity contribution in [1.82, 2.24) is 20.0 Å². The molecule has 0 bridgehead atoms. The molecule has 3 aliphatic rings. The molecule has 0 saturated carbocycles. The van der Waals surface area contributed by atoms with Crippen LogP contribution in [0.4, 0.5) is 5.00 Å². The first-order valence-corrected chi connectivity index (χ1v) is 15.1. The van der Waals surface area contributed by atoms with Gasteiger partial charge in [-0.2, -0.15) is 10.2 Å². The molecule has 1 spiro atoms. The molecule has 3 aromatic rings. The molecular weight excluding hydrogens is 536 g/mol. The summed E-state index contributed by atoms with van der Waals surface area (Å²) in [6, 6.07) is 4.47. The lowest BCUT2D eigenvalue weighted by Gasteiger charge is -2.39. The van der Waals surface area contributed by atoms with Crippen molar-refractivity contribution in [2.45, 2.75) is 75.9 Å². The molecule has 6 rings (SSSR count). The van der Waals surface area contributed by atoms with Gasteiger partial charge in [-0.25, -0.2) is 4.98 Å². The van der Waals surface area contributed by atoms with Crippen LogP contribution in [0.25, 0.3) is 17.2 Å². The van der Waals surface area contributed by atoms with Gasteiger partial charge in [0.15, 0.2) is 17.3 Å². The van der Waals surface area contributed by atoms with E-state index in [1.54, 1.807) is 25.4 Å². The number of hydrogen-bond donors (Lipinski definition) is 2. The summed E-state index contributed by atoms with van der Waals surface area (Å²) in [5.74, 6) is 1.67. The van der Waals surface area contributed by atoms with Gasteiger partial charge in [-0.05, 0) is 83.5 Å². The summed E-state index contributed by atoms with van der Waals surface area (Å²) in [5, 5.41) is 15.2. The molecule has 2 aliphatic carbocycles. The summed E-state index contributed by atoms with van der Waals surface area (Å²) >= 11 is 1.53. The van der Waals surface area contributed by atoms with E-state index in [9.17, 15) is 5.26 Å². The van der Waals surface area contributed by atoms with Crippen LogP contribution in [0.5, 0.6) is 5.88 Å². The molecule has 4 heterocycles. The maximum atomic E-state index is 10.0. The Bertz CT molecular complexity index is 1560. The van der Waals surface area contributed by atoms with E-state index in [0.29, 0.717) is 45.4 Å². The number of aliphatic imine (C=N–C) groups is 1. The number of likely N-dealkylation sites (tertiary alicyclic amines) is 1. The number of nitrogen functional groups attached to an aromatic ring is 1. The summed E-state index contributed by atoms with van der Waals surface area (Å²) in [6.07, 6.45) is 10.9. The van der Waals surface area contributed by atoms with E-state index in [1.165, 1.54) is 16.2 Å². The maximum Gasteiger partial charge on any atom is 0.217 e. The van der Waals surface area contributed by atoms with Gasteiger partial charge in [0.2, 0.25) is 5.88 Å². The Kier molecular flexibility index (Phi) is 7.30. The van der Waals surface area contributed by atoms with E-state index in [1.807, 2.05) is 0 Å². The summed E-state index contributed by atoms with van der Waals surface area (Å²) in [5.41, 5.74) is 16.5. The molecule has 0 unspecified atom stereocenters. The van der Waals surface area contributed by atoms with Crippen molar-refractivity contribution in [2.24, 2.45) is 10.7 Å². The van der Waals surface area contributed by atoms with Crippen molar-refractivity contribution in [3.8, 4) is 23.5 Å². The Morgan fingerprint density at radius 3 is 2.85 bits per heavy atom. The van der Waals surface area contributed by atoms with Crippen molar-refractivity contribution < 1.29 is 9.26 Å². The first kappa shape index (κ1) is 27.4. The normalized spacial score (nSPS) is 23.5. The number of thiophene rings is 1. The number of aryl methyl sites for hydroxylation is 1. The van der Waals surface area contributed by atoms with Crippen LogP contribution in [0.1, 0.15) is 78.5 Å². The molecule has 11 heteroatoms. The third-order valence-electron chi connectivity index (χ3n) is 8.90. The fourth-order valence-electron chi connectivity index (χ4n) is 6.99. The third-order valence-corrected chi connectivity index (χ3v) is 9.98. The lowest BCUT2D eigenvalue weighted by atomic mass is 9.63. The quantitative estimate of drug-likeness (QED) is 0.407. The highest BCUT2D eigenvalue weighted by molar-refractivity contribution is 7.16.